The van der Waals surface area contributed by atoms with E-state index in [2.05, 4.69) is 26.6 Å². The number of anilines is 2. The zero-order valence-electron chi connectivity index (χ0n) is 16.2. The molecule has 0 atom stereocenters. The molecule has 154 valence electrons. The first kappa shape index (κ1) is 21.5. The number of ether oxygens (including phenoxy) is 1. The highest BCUT2D eigenvalue weighted by molar-refractivity contribution is 9.10. The minimum absolute atomic E-state index is 0.311. The average Bonchev–Trinajstić information content (AvgIpc) is 2.74. The minimum Gasteiger partial charge on any atom is -0.492 e. The van der Waals surface area contributed by atoms with Crippen LogP contribution in [0.5, 0.6) is 5.75 Å². The van der Waals surface area contributed by atoms with Crippen molar-refractivity contribution in [1.82, 2.24) is 0 Å². The van der Waals surface area contributed by atoms with Gasteiger partial charge in [-0.15, -0.1) is 0 Å². The van der Waals surface area contributed by atoms with Crippen molar-refractivity contribution in [2.24, 2.45) is 0 Å². The summed E-state index contributed by atoms with van der Waals surface area (Å²) in [7, 11) is 0. The molecule has 3 aromatic carbocycles. The van der Waals surface area contributed by atoms with Crippen molar-refractivity contribution >= 4 is 39.1 Å². The maximum absolute atomic E-state index is 13.0. The van der Waals surface area contributed by atoms with Crippen molar-refractivity contribution in [3.8, 4) is 5.75 Å². The summed E-state index contributed by atoms with van der Waals surface area (Å²) in [5.41, 5.74) is 1.77. The Bertz CT molecular complexity index is 1050. The number of carbonyl (C=O) groups excluding carboxylic acids is 2. The summed E-state index contributed by atoms with van der Waals surface area (Å²) in [5, 5.41) is 5.47. The zero-order valence-corrected chi connectivity index (χ0v) is 17.8. The van der Waals surface area contributed by atoms with E-state index in [0.29, 0.717) is 39.3 Å². The lowest BCUT2D eigenvalue weighted by Gasteiger charge is -2.10. The largest absolute Gasteiger partial charge is 0.492 e. The van der Waals surface area contributed by atoms with Gasteiger partial charge in [-0.3, -0.25) is 9.59 Å². The fourth-order valence-corrected chi connectivity index (χ4v) is 3.14. The molecule has 0 fully saturated rings. The van der Waals surface area contributed by atoms with E-state index in [0.717, 1.165) is 6.42 Å². The Labute approximate surface area is 182 Å². The van der Waals surface area contributed by atoms with Gasteiger partial charge in [-0.05, 0) is 83.0 Å². The van der Waals surface area contributed by atoms with E-state index in [1.165, 1.54) is 24.3 Å². The van der Waals surface area contributed by atoms with Crippen molar-refractivity contribution < 1.29 is 18.7 Å². The van der Waals surface area contributed by atoms with Crippen molar-refractivity contribution in [3.05, 3.63) is 88.1 Å². The molecule has 0 heterocycles. The second-order valence-corrected chi connectivity index (χ2v) is 7.34. The van der Waals surface area contributed by atoms with Gasteiger partial charge in [0.2, 0.25) is 0 Å². The van der Waals surface area contributed by atoms with Crippen molar-refractivity contribution in [3.63, 3.8) is 0 Å². The van der Waals surface area contributed by atoms with Crippen LogP contribution in [0.1, 0.15) is 34.1 Å². The summed E-state index contributed by atoms with van der Waals surface area (Å²) in [4.78, 5) is 25.0. The molecule has 3 aromatic rings. The van der Waals surface area contributed by atoms with Crippen LogP contribution >= 0.6 is 15.9 Å². The Morgan fingerprint density at radius 1 is 0.900 bits per heavy atom. The summed E-state index contributed by atoms with van der Waals surface area (Å²) in [6, 6.07) is 17.2. The second-order valence-electron chi connectivity index (χ2n) is 6.49. The van der Waals surface area contributed by atoms with Crippen LogP contribution in [0.4, 0.5) is 15.8 Å². The van der Waals surface area contributed by atoms with E-state index in [9.17, 15) is 14.0 Å². The molecule has 2 N–H and O–H groups in total. The summed E-state index contributed by atoms with van der Waals surface area (Å²) < 4.78 is 19.3. The number of halogens is 2. The van der Waals surface area contributed by atoms with E-state index in [-0.39, 0.29) is 17.6 Å². The summed E-state index contributed by atoms with van der Waals surface area (Å²) in [6.07, 6.45) is 0.889. The Kier molecular flexibility index (Phi) is 7.19. The molecule has 30 heavy (non-hydrogen) atoms. The first-order valence-electron chi connectivity index (χ1n) is 9.37. The predicted molar refractivity (Wildman–Crippen MR) is 119 cm³/mol. The third-order valence-electron chi connectivity index (χ3n) is 4.14. The number of nitrogens with one attached hydrogen (secondary N) is 2. The number of rotatable bonds is 7. The van der Waals surface area contributed by atoms with Crippen LogP contribution in [0.15, 0.2) is 71.2 Å². The first-order chi connectivity index (χ1) is 14.5. The predicted octanol–water partition coefficient (Wildman–Crippen LogP) is 5.88. The van der Waals surface area contributed by atoms with Crippen LogP contribution < -0.4 is 15.4 Å². The third kappa shape index (κ3) is 5.67. The molecular weight excluding hydrogens is 451 g/mol. The number of carbonyl (C=O) groups is 2. The fourth-order valence-electron chi connectivity index (χ4n) is 2.65. The summed E-state index contributed by atoms with van der Waals surface area (Å²) in [6.45, 7) is 2.61. The minimum atomic E-state index is -0.380. The van der Waals surface area contributed by atoms with Crippen molar-refractivity contribution in [2.45, 2.75) is 13.3 Å². The fraction of sp³-hybridized carbons (Fsp3) is 0.130. The highest BCUT2D eigenvalue weighted by atomic mass is 79.9. The topological polar surface area (TPSA) is 67.4 Å². The van der Waals surface area contributed by atoms with Crippen LogP contribution in [-0.2, 0) is 0 Å². The lowest BCUT2D eigenvalue weighted by Crippen LogP contribution is -2.14. The molecule has 0 bridgehead atoms. The Morgan fingerprint density at radius 3 is 2.23 bits per heavy atom. The monoisotopic (exact) mass is 470 g/mol. The quantitative estimate of drug-likeness (QED) is 0.452. The molecule has 0 aliphatic carbocycles. The number of amides is 2. The van der Waals surface area contributed by atoms with E-state index >= 15 is 0 Å². The summed E-state index contributed by atoms with van der Waals surface area (Å²) in [5.74, 6) is -0.381. The first-order valence-corrected chi connectivity index (χ1v) is 10.2. The van der Waals surface area contributed by atoms with Gasteiger partial charge in [-0.25, -0.2) is 4.39 Å². The molecule has 0 aromatic heterocycles. The van der Waals surface area contributed by atoms with Gasteiger partial charge in [0.25, 0.3) is 11.8 Å². The standard InChI is InChI=1S/C23H20BrFN2O3/c1-2-12-30-21-11-6-16(14-20(21)24)23(29)27-19-5-3-4-15(13-19)22(28)26-18-9-7-17(25)8-10-18/h3-11,13-14H,2,12H2,1H3,(H,26,28)(H,27,29). The normalized spacial score (nSPS) is 10.4. The van der Waals surface area contributed by atoms with Gasteiger partial charge < -0.3 is 15.4 Å². The van der Waals surface area contributed by atoms with Gasteiger partial charge in [-0.2, -0.15) is 0 Å². The Morgan fingerprint density at radius 2 is 1.57 bits per heavy atom. The molecule has 3 rings (SSSR count). The molecule has 0 spiro atoms. The van der Waals surface area contributed by atoms with E-state index in [4.69, 9.17) is 4.74 Å². The van der Waals surface area contributed by atoms with Crippen LogP contribution in [-0.4, -0.2) is 18.4 Å². The molecule has 0 aliphatic rings. The van der Waals surface area contributed by atoms with Crippen LogP contribution in [0.2, 0.25) is 0 Å². The maximum Gasteiger partial charge on any atom is 0.255 e. The highest BCUT2D eigenvalue weighted by Gasteiger charge is 2.12. The highest BCUT2D eigenvalue weighted by Crippen LogP contribution is 2.26. The Balaban J connectivity index is 1.68. The summed E-state index contributed by atoms with van der Waals surface area (Å²) >= 11 is 3.42. The smallest absolute Gasteiger partial charge is 0.255 e. The van der Waals surface area contributed by atoms with Crippen molar-refractivity contribution in [2.75, 3.05) is 17.2 Å². The Hall–Kier alpha value is -3.19. The second kappa shape index (κ2) is 10.0. The molecule has 0 saturated heterocycles. The molecule has 0 radical (unpaired) electrons. The molecule has 2 amide bonds. The van der Waals surface area contributed by atoms with E-state index < -0.39 is 0 Å². The lowest BCUT2D eigenvalue weighted by atomic mass is 10.1. The lowest BCUT2D eigenvalue weighted by molar-refractivity contribution is 0.101. The van der Waals surface area contributed by atoms with Gasteiger partial charge in [0, 0.05) is 22.5 Å². The molecule has 7 heteroatoms. The number of hydrogen-bond donors (Lipinski definition) is 2. The van der Waals surface area contributed by atoms with Gasteiger partial charge in [0.15, 0.2) is 0 Å². The zero-order chi connectivity index (χ0) is 21.5. The van der Waals surface area contributed by atoms with Crippen LogP contribution in [0, 0.1) is 5.82 Å². The third-order valence-corrected chi connectivity index (χ3v) is 4.76. The van der Waals surface area contributed by atoms with Gasteiger partial charge >= 0.3 is 0 Å². The van der Waals surface area contributed by atoms with Gasteiger partial charge in [-0.1, -0.05) is 13.0 Å². The molecule has 5 nitrogen and oxygen atoms in total. The average molecular weight is 471 g/mol. The maximum atomic E-state index is 13.0. The molecular formula is C23H20BrFN2O3. The molecule has 0 saturated carbocycles. The molecule has 0 unspecified atom stereocenters. The van der Waals surface area contributed by atoms with E-state index in [1.807, 2.05) is 6.92 Å². The molecule has 0 aliphatic heterocycles. The van der Waals surface area contributed by atoms with Crippen molar-refractivity contribution in [1.29, 1.82) is 0 Å². The van der Waals surface area contributed by atoms with Crippen LogP contribution in [0.3, 0.4) is 0 Å². The number of benzene rings is 3. The van der Waals surface area contributed by atoms with E-state index in [1.54, 1.807) is 42.5 Å². The van der Waals surface area contributed by atoms with Gasteiger partial charge in [0.1, 0.15) is 11.6 Å². The van der Waals surface area contributed by atoms with Crippen LogP contribution in [0.25, 0.3) is 0 Å². The number of hydrogen-bond acceptors (Lipinski definition) is 3. The van der Waals surface area contributed by atoms with Gasteiger partial charge in [0.05, 0.1) is 11.1 Å². The SMILES string of the molecule is CCCOc1ccc(C(=O)Nc2cccc(C(=O)Nc3ccc(F)cc3)c2)cc1Br.